The third-order valence-corrected chi connectivity index (χ3v) is 3.23. The summed E-state index contributed by atoms with van der Waals surface area (Å²) in [5.74, 6) is -0.300. The van der Waals surface area contributed by atoms with Gasteiger partial charge in [-0.2, -0.15) is 0 Å². The van der Waals surface area contributed by atoms with Crippen molar-refractivity contribution in [2.24, 2.45) is 0 Å². The molecule has 94 valence electrons. The Labute approximate surface area is 109 Å². The molecule has 18 heavy (non-hydrogen) atoms. The van der Waals surface area contributed by atoms with Gasteiger partial charge in [0.2, 0.25) is 0 Å². The second-order valence-electron chi connectivity index (χ2n) is 3.65. The van der Waals surface area contributed by atoms with Crippen molar-refractivity contribution in [1.82, 2.24) is 4.98 Å². The molecule has 0 aliphatic carbocycles. The third kappa shape index (κ3) is 3.07. The highest BCUT2D eigenvalue weighted by atomic mass is 32.1. The van der Waals surface area contributed by atoms with Crippen molar-refractivity contribution in [3.05, 3.63) is 35.3 Å². The van der Waals surface area contributed by atoms with Gasteiger partial charge in [-0.3, -0.25) is 0 Å². The minimum Gasteiger partial charge on any atom is -0.550 e. The average Bonchev–Trinajstić information content (AvgIpc) is 2.78. The van der Waals surface area contributed by atoms with E-state index in [1.54, 1.807) is 5.38 Å². The Morgan fingerprint density at radius 1 is 1.39 bits per heavy atom. The van der Waals surface area contributed by atoms with Crippen LogP contribution in [0.25, 0.3) is 10.6 Å². The van der Waals surface area contributed by atoms with Gasteiger partial charge in [-0.15, -0.1) is 11.3 Å². The van der Waals surface area contributed by atoms with Gasteiger partial charge in [0.05, 0.1) is 12.3 Å². The molecule has 0 aliphatic heterocycles. The molecule has 0 saturated heterocycles. The molecule has 0 N–H and O–H groups in total. The van der Waals surface area contributed by atoms with E-state index in [1.807, 2.05) is 31.2 Å². The Morgan fingerprint density at radius 2 is 2.11 bits per heavy atom. The summed E-state index contributed by atoms with van der Waals surface area (Å²) in [5, 5.41) is 13.0. The van der Waals surface area contributed by atoms with Crippen molar-refractivity contribution in [3.8, 4) is 16.3 Å². The van der Waals surface area contributed by atoms with Crippen LogP contribution >= 0.6 is 11.3 Å². The molecule has 2 aromatic rings. The summed E-state index contributed by atoms with van der Waals surface area (Å²) in [6.07, 6.45) is -0.145. The molecule has 0 fully saturated rings. The Hall–Kier alpha value is -1.88. The minimum atomic E-state index is -1.11. The fourth-order valence-corrected chi connectivity index (χ4v) is 2.35. The number of carboxylic acid groups (broad SMARTS) is 1. The maximum absolute atomic E-state index is 10.5. The van der Waals surface area contributed by atoms with Gasteiger partial charge in [-0.05, 0) is 31.2 Å². The zero-order chi connectivity index (χ0) is 13.0. The van der Waals surface area contributed by atoms with Gasteiger partial charge >= 0.3 is 0 Å². The highest BCUT2D eigenvalue weighted by Gasteiger charge is 2.05. The molecule has 5 heteroatoms. The summed E-state index contributed by atoms with van der Waals surface area (Å²) in [4.78, 5) is 14.7. The smallest absolute Gasteiger partial charge is 0.123 e. The fourth-order valence-electron chi connectivity index (χ4n) is 1.53. The zero-order valence-corrected chi connectivity index (χ0v) is 10.7. The van der Waals surface area contributed by atoms with Crippen LogP contribution in [-0.4, -0.2) is 17.6 Å². The lowest BCUT2D eigenvalue weighted by Gasteiger charge is -2.03. The summed E-state index contributed by atoms with van der Waals surface area (Å²) in [5.41, 5.74) is 1.48. The van der Waals surface area contributed by atoms with Crippen LogP contribution in [0.2, 0.25) is 0 Å². The van der Waals surface area contributed by atoms with Crippen LogP contribution in [0.1, 0.15) is 12.6 Å². The number of ether oxygens (including phenoxy) is 1. The average molecular weight is 262 g/mol. The molecule has 1 heterocycles. The van der Waals surface area contributed by atoms with E-state index in [9.17, 15) is 9.90 Å². The van der Waals surface area contributed by atoms with Crippen LogP contribution < -0.4 is 9.84 Å². The predicted octanol–water partition coefficient (Wildman–Crippen LogP) is 1.50. The summed E-state index contributed by atoms with van der Waals surface area (Å²) >= 11 is 1.42. The quantitative estimate of drug-likeness (QED) is 0.819. The van der Waals surface area contributed by atoms with Crippen LogP contribution in [0.4, 0.5) is 0 Å². The second kappa shape index (κ2) is 5.64. The molecule has 2 rings (SSSR count). The van der Waals surface area contributed by atoms with E-state index in [4.69, 9.17) is 4.74 Å². The van der Waals surface area contributed by atoms with Gasteiger partial charge in [-0.25, -0.2) is 4.98 Å². The van der Waals surface area contributed by atoms with E-state index in [0.717, 1.165) is 16.3 Å². The normalized spacial score (nSPS) is 10.3. The molecule has 0 bridgehead atoms. The molecule has 4 nitrogen and oxygen atoms in total. The maximum Gasteiger partial charge on any atom is 0.123 e. The number of carbonyl (C=O) groups excluding carboxylic acids is 1. The van der Waals surface area contributed by atoms with Crippen molar-refractivity contribution in [2.75, 3.05) is 6.61 Å². The van der Waals surface area contributed by atoms with E-state index in [0.29, 0.717) is 12.3 Å². The summed E-state index contributed by atoms with van der Waals surface area (Å²) in [6.45, 7) is 2.56. The molecule has 1 aromatic heterocycles. The molecule has 1 aromatic carbocycles. The van der Waals surface area contributed by atoms with Crippen molar-refractivity contribution in [1.29, 1.82) is 0 Å². The van der Waals surface area contributed by atoms with Crippen LogP contribution in [0.15, 0.2) is 29.6 Å². The number of aromatic nitrogens is 1. The molecular weight excluding hydrogens is 250 g/mol. The number of hydrogen-bond donors (Lipinski definition) is 0. The number of thiazole rings is 1. The molecule has 0 radical (unpaired) electrons. The van der Waals surface area contributed by atoms with Gasteiger partial charge < -0.3 is 14.6 Å². The topological polar surface area (TPSA) is 62.2 Å². The van der Waals surface area contributed by atoms with Crippen LogP contribution in [0, 0.1) is 0 Å². The highest BCUT2D eigenvalue weighted by Crippen LogP contribution is 2.25. The second-order valence-corrected chi connectivity index (χ2v) is 4.51. The number of carboxylic acids is 1. The molecule has 0 spiro atoms. The molecule has 0 amide bonds. The van der Waals surface area contributed by atoms with Crippen molar-refractivity contribution in [2.45, 2.75) is 13.3 Å². The van der Waals surface area contributed by atoms with E-state index in [1.165, 1.54) is 11.3 Å². The van der Waals surface area contributed by atoms with Gasteiger partial charge in [0.25, 0.3) is 0 Å². The van der Waals surface area contributed by atoms with E-state index in [-0.39, 0.29) is 6.42 Å². The van der Waals surface area contributed by atoms with E-state index in [2.05, 4.69) is 4.98 Å². The zero-order valence-electron chi connectivity index (χ0n) is 9.88. The Bertz CT molecular complexity index is 533. The molecule has 0 saturated carbocycles. The number of rotatable bonds is 5. The fraction of sp³-hybridized carbons (Fsp3) is 0.231. The van der Waals surface area contributed by atoms with Crippen LogP contribution in [0.3, 0.4) is 0 Å². The Morgan fingerprint density at radius 3 is 2.72 bits per heavy atom. The first-order valence-electron chi connectivity index (χ1n) is 5.56. The lowest BCUT2D eigenvalue weighted by molar-refractivity contribution is -0.304. The summed E-state index contributed by atoms with van der Waals surface area (Å²) in [7, 11) is 0. The molecular formula is C13H12NO3S-. The third-order valence-electron chi connectivity index (χ3n) is 2.29. The minimum absolute atomic E-state index is 0.145. The van der Waals surface area contributed by atoms with Crippen LogP contribution in [-0.2, 0) is 11.2 Å². The Kier molecular flexibility index (Phi) is 3.94. The largest absolute Gasteiger partial charge is 0.550 e. The number of carbonyl (C=O) groups is 1. The standard InChI is InChI=1S/C13H13NO3S/c1-2-17-11-5-3-9(4-6-11)13-14-10(8-18-13)7-12(15)16/h3-6,8H,2,7H2,1H3,(H,15,16)/p-1. The monoisotopic (exact) mass is 262 g/mol. The van der Waals surface area contributed by atoms with Crippen LogP contribution in [0.5, 0.6) is 5.75 Å². The van der Waals surface area contributed by atoms with E-state index >= 15 is 0 Å². The van der Waals surface area contributed by atoms with Gasteiger partial charge in [0, 0.05) is 23.3 Å². The first kappa shape index (κ1) is 12.6. The van der Waals surface area contributed by atoms with Crippen molar-refractivity contribution < 1.29 is 14.6 Å². The molecule has 0 unspecified atom stereocenters. The number of nitrogens with zero attached hydrogens (tertiary/aromatic N) is 1. The SMILES string of the molecule is CCOc1ccc(-c2nc(CC(=O)[O-])cs2)cc1. The number of benzene rings is 1. The number of hydrogen-bond acceptors (Lipinski definition) is 5. The highest BCUT2D eigenvalue weighted by molar-refractivity contribution is 7.13. The predicted molar refractivity (Wildman–Crippen MR) is 67.4 cm³/mol. The van der Waals surface area contributed by atoms with Gasteiger partial charge in [0.15, 0.2) is 0 Å². The van der Waals surface area contributed by atoms with E-state index < -0.39 is 5.97 Å². The van der Waals surface area contributed by atoms with Gasteiger partial charge in [-0.1, -0.05) is 0 Å². The summed E-state index contributed by atoms with van der Waals surface area (Å²) in [6, 6.07) is 7.57. The summed E-state index contributed by atoms with van der Waals surface area (Å²) < 4.78 is 5.35. The Balaban J connectivity index is 2.15. The first-order chi connectivity index (χ1) is 8.69. The van der Waals surface area contributed by atoms with Gasteiger partial charge in [0.1, 0.15) is 10.8 Å². The number of aliphatic carboxylic acids is 1. The first-order valence-corrected chi connectivity index (χ1v) is 6.44. The molecule has 0 atom stereocenters. The lowest BCUT2D eigenvalue weighted by Crippen LogP contribution is -2.24. The molecule has 0 aliphatic rings. The van der Waals surface area contributed by atoms with Crippen molar-refractivity contribution in [3.63, 3.8) is 0 Å². The maximum atomic E-state index is 10.5. The lowest BCUT2D eigenvalue weighted by atomic mass is 10.2. The van der Waals surface area contributed by atoms with Crippen molar-refractivity contribution >= 4 is 17.3 Å².